The monoisotopic (exact) mass is 388 g/mol. The Labute approximate surface area is 128 Å². The van der Waals surface area contributed by atoms with Crippen LogP contribution >= 0.6 is 31.9 Å². The van der Waals surface area contributed by atoms with E-state index in [0.717, 1.165) is 8.95 Å². The topological polar surface area (TPSA) is 49.4 Å². The highest BCUT2D eigenvalue weighted by molar-refractivity contribution is 9.11. The second-order valence-corrected chi connectivity index (χ2v) is 6.49. The number of nitrogens with one attached hydrogen (secondary N) is 1. The molecule has 0 aromatic heterocycles. The molecule has 1 fully saturated rings. The van der Waals surface area contributed by atoms with Gasteiger partial charge in [0.1, 0.15) is 12.1 Å². The molecule has 2 amide bonds. The molecule has 0 saturated carbocycles. The molecule has 0 spiro atoms. The van der Waals surface area contributed by atoms with Crippen LogP contribution in [0.1, 0.15) is 20.3 Å². The predicted molar refractivity (Wildman–Crippen MR) is 81.0 cm³/mol. The molecular formula is C13H14Br2N2O2. The fourth-order valence-corrected chi connectivity index (χ4v) is 2.85. The van der Waals surface area contributed by atoms with E-state index in [1.807, 2.05) is 25.1 Å². The van der Waals surface area contributed by atoms with Gasteiger partial charge in [-0.3, -0.25) is 14.5 Å². The van der Waals surface area contributed by atoms with Crippen LogP contribution in [0.5, 0.6) is 0 Å². The number of amides is 2. The average Bonchev–Trinajstić information content (AvgIpc) is 2.37. The first kappa shape index (κ1) is 14.5. The lowest BCUT2D eigenvalue weighted by atomic mass is 9.94. The summed E-state index contributed by atoms with van der Waals surface area (Å²) in [5.41, 5.74) is -0.134. The lowest BCUT2D eigenvalue weighted by Crippen LogP contribution is -2.65. The number of halogens is 2. The van der Waals surface area contributed by atoms with Crippen LogP contribution in [-0.4, -0.2) is 23.9 Å². The quantitative estimate of drug-likeness (QED) is 0.845. The van der Waals surface area contributed by atoms with Crippen molar-refractivity contribution in [2.24, 2.45) is 0 Å². The number of hydrogen-bond acceptors (Lipinski definition) is 2. The minimum Gasteiger partial charge on any atom is -0.340 e. The lowest BCUT2D eigenvalue weighted by Gasteiger charge is -2.39. The second kappa shape index (κ2) is 5.25. The molecule has 2 rings (SSSR count). The van der Waals surface area contributed by atoms with Gasteiger partial charge in [0, 0.05) is 8.95 Å². The molecule has 1 saturated heterocycles. The molecule has 1 aliphatic rings. The van der Waals surface area contributed by atoms with E-state index in [1.165, 1.54) is 4.90 Å². The van der Waals surface area contributed by atoms with Gasteiger partial charge < -0.3 is 5.32 Å². The van der Waals surface area contributed by atoms with E-state index >= 15 is 0 Å². The molecule has 0 radical (unpaired) electrons. The molecule has 4 nitrogen and oxygen atoms in total. The molecule has 6 heteroatoms. The van der Waals surface area contributed by atoms with E-state index in [-0.39, 0.29) is 18.4 Å². The van der Waals surface area contributed by atoms with E-state index in [0.29, 0.717) is 12.1 Å². The molecule has 1 heterocycles. The number of carbonyl (C=O) groups is 2. The fraction of sp³-hybridized carbons (Fsp3) is 0.385. The minimum absolute atomic E-state index is 0.0451. The third kappa shape index (κ3) is 2.69. The van der Waals surface area contributed by atoms with Gasteiger partial charge in [-0.15, -0.1) is 0 Å². The number of piperazine rings is 1. The molecule has 1 N–H and O–H groups in total. The van der Waals surface area contributed by atoms with Gasteiger partial charge in [0.15, 0.2) is 0 Å². The molecule has 1 aromatic rings. The first-order valence-electron chi connectivity index (χ1n) is 5.95. The molecule has 1 unspecified atom stereocenters. The Morgan fingerprint density at radius 1 is 1.37 bits per heavy atom. The molecule has 0 aliphatic carbocycles. The Hall–Kier alpha value is -0.880. The summed E-state index contributed by atoms with van der Waals surface area (Å²) in [7, 11) is 0. The minimum atomic E-state index is -0.836. The van der Waals surface area contributed by atoms with Crippen molar-refractivity contribution in [1.82, 2.24) is 5.32 Å². The van der Waals surface area contributed by atoms with E-state index < -0.39 is 5.54 Å². The SMILES string of the molecule is CCC1(C)NC(=O)CN(c2cc(Br)ccc2Br)C1=O. The highest BCUT2D eigenvalue weighted by atomic mass is 79.9. The maximum Gasteiger partial charge on any atom is 0.252 e. The van der Waals surface area contributed by atoms with E-state index in [4.69, 9.17) is 0 Å². The van der Waals surface area contributed by atoms with E-state index in [2.05, 4.69) is 37.2 Å². The molecule has 1 aliphatic heterocycles. The Balaban J connectivity index is 2.46. The van der Waals surface area contributed by atoms with Crippen LogP contribution in [0.2, 0.25) is 0 Å². The maximum absolute atomic E-state index is 12.6. The second-order valence-electron chi connectivity index (χ2n) is 4.72. The van der Waals surface area contributed by atoms with Gasteiger partial charge in [-0.05, 0) is 47.5 Å². The van der Waals surface area contributed by atoms with E-state index in [1.54, 1.807) is 6.92 Å². The maximum atomic E-state index is 12.6. The standard InChI is InChI=1S/C13H14Br2N2O2/c1-3-13(2)12(19)17(7-11(18)16-13)10-6-8(14)4-5-9(10)15/h4-6H,3,7H2,1-2H3,(H,16,18). The summed E-state index contributed by atoms with van der Waals surface area (Å²) in [6, 6.07) is 5.56. The van der Waals surface area contributed by atoms with Crippen LogP contribution in [0.15, 0.2) is 27.1 Å². The van der Waals surface area contributed by atoms with Crippen molar-refractivity contribution in [2.75, 3.05) is 11.4 Å². The molecular weight excluding hydrogens is 376 g/mol. The van der Waals surface area contributed by atoms with Crippen molar-refractivity contribution in [3.63, 3.8) is 0 Å². The highest BCUT2D eigenvalue weighted by Crippen LogP contribution is 2.32. The average molecular weight is 390 g/mol. The van der Waals surface area contributed by atoms with Gasteiger partial charge in [0.25, 0.3) is 5.91 Å². The van der Waals surface area contributed by atoms with Crippen molar-refractivity contribution in [2.45, 2.75) is 25.8 Å². The molecule has 1 aromatic carbocycles. The normalized spacial score (nSPS) is 23.5. The van der Waals surface area contributed by atoms with Crippen molar-refractivity contribution >= 4 is 49.4 Å². The van der Waals surface area contributed by atoms with Gasteiger partial charge in [-0.25, -0.2) is 0 Å². The van der Waals surface area contributed by atoms with Crippen LogP contribution in [0.25, 0.3) is 0 Å². The van der Waals surface area contributed by atoms with E-state index in [9.17, 15) is 9.59 Å². The van der Waals surface area contributed by atoms with Gasteiger partial charge in [0.05, 0.1) is 5.69 Å². The summed E-state index contributed by atoms with van der Waals surface area (Å²) < 4.78 is 1.65. The Bertz CT molecular complexity index is 547. The predicted octanol–water partition coefficient (Wildman–Crippen LogP) is 2.84. The number of carbonyl (C=O) groups excluding carboxylic acids is 2. The van der Waals surface area contributed by atoms with Crippen LogP contribution in [-0.2, 0) is 9.59 Å². The summed E-state index contributed by atoms with van der Waals surface area (Å²) in [6.45, 7) is 3.69. The van der Waals surface area contributed by atoms with Gasteiger partial charge in [-0.1, -0.05) is 22.9 Å². The number of hydrogen-bond donors (Lipinski definition) is 1. The fourth-order valence-electron chi connectivity index (χ4n) is 2.04. The molecule has 102 valence electrons. The van der Waals surface area contributed by atoms with Crippen LogP contribution in [0, 0.1) is 0 Å². The van der Waals surface area contributed by atoms with Crippen molar-refractivity contribution in [3.05, 3.63) is 27.1 Å². The number of benzene rings is 1. The highest BCUT2D eigenvalue weighted by Gasteiger charge is 2.42. The molecule has 1 atom stereocenters. The zero-order valence-corrected chi connectivity index (χ0v) is 13.8. The van der Waals surface area contributed by atoms with Crippen LogP contribution in [0.3, 0.4) is 0 Å². The molecule has 19 heavy (non-hydrogen) atoms. The third-order valence-electron chi connectivity index (χ3n) is 3.34. The summed E-state index contributed by atoms with van der Waals surface area (Å²) in [4.78, 5) is 25.9. The zero-order valence-electron chi connectivity index (χ0n) is 10.7. The van der Waals surface area contributed by atoms with Gasteiger partial charge in [-0.2, -0.15) is 0 Å². The smallest absolute Gasteiger partial charge is 0.252 e. The number of nitrogens with zero attached hydrogens (tertiary/aromatic N) is 1. The molecule has 0 bridgehead atoms. The van der Waals surface area contributed by atoms with Gasteiger partial charge >= 0.3 is 0 Å². The van der Waals surface area contributed by atoms with Crippen molar-refractivity contribution in [1.29, 1.82) is 0 Å². The van der Waals surface area contributed by atoms with Crippen molar-refractivity contribution < 1.29 is 9.59 Å². The van der Waals surface area contributed by atoms with Crippen LogP contribution < -0.4 is 10.2 Å². The summed E-state index contributed by atoms with van der Waals surface area (Å²) in [5, 5.41) is 2.77. The lowest BCUT2D eigenvalue weighted by molar-refractivity contribution is -0.135. The largest absolute Gasteiger partial charge is 0.340 e. The van der Waals surface area contributed by atoms with Crippen molar-refractivity contribution in [3.8, 4) is 0 Å². The Morgan fingerprint density at radius 3 is 2.68 bits per heavy atom. The summed E-state index contributed by atoms with van der Waals surface area (Å²) in [6.07, 6.45) is 0.555. The first-order chi connectivity index (χ1) is 8.87. The number of anilines is 1. The third-order valence-corrected chi connectivity index (χ3v) is 4.50. The Morgan fingerprint density at radius 2 is 2.05 bits per heavy atom. The zero-order chi connectivity index (χ0) is 14.2. The Kier molecular flexibility index (Phi) is 4.01. The van der Waals surface area contributed by atoms with Crippen LogP contribution in [0.4, 0.5) is 5.69 Å². The van der Waals surface area contributed by atoms with Gasteiger partial charge in [0.2, 0.25) is 5.91 Å². The first-order valence-corrected chi connectivity index (χ1v) is 7.54. The number of rotatable bonds is 2. The summed E-state index contributed by atoms with van der Waals surface area (Å²) >= 11 is 6.81. The summed E-state index contributed by atoms with van der Waals surface area (Å²) in [5.74, 6) is -0.232.